The van der Waals surface area contributed by atoms with Crippen molar-refractivity contribution in [3.8, 4) is 0 Å². The van der Waals surface area contributed by atoms with Gasteiger partial charge in [-0.2, -0.15) is 5.10 Å². The lowest BCUT2D eigenvalue weighted by molar-refractivity contribution is 0.0932. The number of nitrogens with one attached hydrogen (secondary N) is 1. The van der Waals surface area contributed by atoms with Crippen LogP contribution in [-0.2, 0) is 6.54 Å². The average Bonchev–Trinajstić information content (AvgIpc) is 2.54. The Hall–Kier alpha value is -1.95. The van der Waals surface area contributed by atoms with E-state index >= 15 is 0 Å². The van der Waals surface area contributed by atoms with Gasteiger partial charge in [0.25, 0.3) is 11.5 Å². The number of hydrogen-bond donors (Lipinski definition) is 1. The van der Waals surface area contributed by atoms with E-state index in [0.29, 0.717) is 6.54 Å². The number of nitrogens with zero attached hydrogens (tertiary/aromatic N) is 2. The Balaban J connectivity index is 2.14. The van der Waals surface area contributed by atoms with Crippen LogP contribution < -0.4 is 10.9 Å². The number of carbonyl (C=O) groups excluding carboxylic acids is 1. The molecule has 1 unspecified atom stereocenters. The number of benzene rings is 1. The maximum atomic E-state index is 12.4. The topological polar surface area (TPSA) is 64.0 Å². The molecule has 0 aliphatic rings. The van der Waals surface area contributed by atoms with Crippen molar-refractivity contribution in [2.45, 2.75) is 39.3 Å². The van der Waals surface area contributed by atoms with Gasteiger partial charge in [-0.1, -0.05) is 47.5 Å². The van der Waals surface area contributed by atoms with Gasteiger partial charge in [-0.15, -0.1) is 0 Å². The monoisotopic (exact) mass is 377 g/mol. The summed E-state index contributed by atoms with van der Waals surface area (Å²) in [6, 6.07) is 10.4. The zero-order chi connectivity index (χ0) is 16.8. The second kappa shape index (κ2) is 8.06. The van der Waals surface area contributed by atoms with Crippen LogP contribution in [0.4, 0.5) is 0 Å². The molecular formula is C17H20BrN3O2. The van der Waals surface area contributed by atoms with Gasteiger partial charge >= 0.3 is 0 Å². The molecule has 1 amide bonds. The van der Waals surface area contributed by atoms with Crippen LogP contribution in [0.25, 0.3) is 0 Å². The van der Waals surface area contributed by atoms with Crippen LogP contribution in [0.1, 0.15) is 48.8 Å². The molecule has 5 nitrogen and oxygen atoms in total. The summed E-state index contributed by atoms with van der Waals surface area (Å²) >= 11 is 3.48. The van der Waals surface area contributed by atoms with Gasteiger partial charge in [-0.25, -0.2) is 4.68 Å². The summed E-state index contributed by atoms with van der Waals surface area (Å²) in [7, 11) is 0. The lowest BCUT2D eigenvalue weighted by Crippen LogP contribution is -2.31. The molecule has 122 valence electrons. The first-order valence-electron chi connectivity index (χ1n) is 7.66. The fraction of sp³-hybridized carbons (Fsp3) is 0.353. The summed E-state index contributed by atoms with van der Waals surface area (Å²) in [5.74, 6) is -0.293. The largest absolute Gasteiger partial charge is 0.344 e. The predicted octanol–water partition coefficient (Wildman–Crippen LogP) is 3.30. The van der Waals surface area contributed by atoms with E-state index in [1.807, 2.05) is 38.1 Å². The third-order valence-electron chi connectivity index (χ3n) is 3.54. The third-order valence-corrected chi connectivity index (χ3v) is 4.26. The highest BCUT2D eigenvalue weighted by Crippen LogP contribution is 2.22. The van der Waals surface area contributed by atoms with E-state index in [1.165, 1.54) is 16.8 Å². The van der Waals surface area contributed by atoms with Gasteiger partial charge in [-0.05, 0) is 31.0 Å². The minimum atomic E-state index is -0.293. The summed E-state index contributed by atoms with van der Waals surface area (Å²) in [6.07, 6.45) is 1.81. The Labute approximate surface area is 143 Å². The maximum Gasteiger partial charge on any atom is 0.272 e. The number of carbonyl (C=O) groups is 1. The number of aryl methyl sites for hydroxylation is 1. The molecule has 0 radical (unpaired) electrons. The van der Waals surface area contributed by atoms with E-state index in [2.05, 4.69) is 26.3 Å². The highest BCUT2D eigenvalue weighted by atomic mass is 79.9. The van der Waals surface area contributed by atoms with Gasteiger partial charge in [0.05, 0.1) is 6.04 Å². The lowest BCUT2D eigenvalue weighted by atomic mass is 10.1. The van der Waals surface area contributed by atoms with Crippen LogP contribution in [-0.4, -0.2) is 15.7 Å². The standard InChI is InChI=1S/C17H20BrN3O2/c1-3-4-11-21-16(22)10-9-15(20-21)17(23)19-12(2)13-7-5-6-8-14(13)18/h5-10,12H,3-4,11H2,1-2H3,(H,19,23). The van der Waals surface area contributed by atoms with Gasteiger partial charge < -0.3 is 5.32 Å². The zero-order valence-electron chi connectivity index (χ0n) is 13.3. The van der Waals surface area contributed by atoms with Crippen LogP contribution in [0.2, 0.25) is 0 Å². The first-order valence-corrected chi connectivity index (χ1v) is 8.45. The number of rotatable bonds is 6. The number of aromatic nitrogens is 2. The van der Waals surface area contributed by atoms with Gasteiger partial charge in [0.1, 0.15) is 5.69 Å². The molecule has 0 saturated heterocycles. The minimum absolute atomic E-state index is 0.170. The van der Waals surface area contributed by atoms with E-state index in [-0.39, 0.29) is 23.2 Å². The van der Waals surface area contributed by atoms with Crippen LogP contribution in [0.3, 0.4) is 0 Å². The third kappa shape index (κ3) is 4.51. The second-order valence-electron chi connectivity index (χ2n) is 5.35. The molecule has 0 spiro atoms. The molecule has 1 atom stereocenters. The molecule has 0 aliphatic heterocycles. The molecule has 1 N–H and O–H groups in total. The quantitative estimate of drug-likeness (QED) is 0.839. The Morgan fingerprint density at radius 1 is 1.30 bits per heavy atom. The molecule has 1 aromatic carbocycles. The van der Waals surface area contributed by atoms with E-state index < -0.39 is 0 Å². The summed E-state index contributed by atoms with van der Waals surface area (Å²) in [6.45, 7) is 4.47. The van der Waals surface area contributed by atoms with Crippen molar-refractivity contribution >= 4 is 21.8 Å². The predicted molar refractivity (Wildman–Crippen MR) is 93.4 cm³/mol. The number of unbranched alkanes of at least 4 members (excludes halogenated alkanes) is 1. The molecular weight excluding hydrogens is 358 g/mol. The van der Waals surface area contributed by atoms with Gasteiger partial charge in [-0.3, -0.25) is 9.59 Å². The average molecular weight is 378 g/mol. The fourth-order valence-electron chi connectivity index (χ4n) is 2.21. The van der Waals surface area contributed by atoms with Crippen molar-refractivity contribution in [1.82, 2.24) is 15.1 Å². The van der Waals surface area contributed by atoms with E-state index in [4.69, 9.17) is 0 Å². The van der Waals surface area contributed by atoms with Crippen molar-refractivity contribution in [2.24, 2.45) is 0 Å². The Morgan fingerprint density at radius 2 is 2.04 bits per heavy atom. The molecule has 0 aliphatic carbocycles. The first-order chi connectivity index (χ1) is 11.0. The van der Waals surface area contributed by atoms with Gasteiger partial charge in [0.15, 0.2) is 0 Å². The minimum Gasteiger partial charge on any atom is -0.344 e. The van der Waals surface area contributed by atoms with Gasteiger partial charge in [0, 0.05) is 17.1 Å². The number of amides is 1. The molecule has 1 heterocycles. The van der Waals surface area contributed by atoms with Crippen molar-refractivity contribution in [3.63, 3.8) is 0 Å². The Morgan fingerprint density at radius 3 is 2.74 bits per heavy atom. The molecule has 1 aromatic heterocycles. The maximum absolute atomic E-state index is 12.4. The van der Waals surface area contributed by atoms with Crippen molar-refractivity contribution in [1.29, 1.82) is 0 Å². The first kappa shape index (κ1) is 17.4. The van der Waals surface area contributed by atoms with Crippen LogP contribution in [0, 0.1) is 0 Å². The number of halogens is 1. The van der Waals surface area contributed by atoms with Crippen LogP contribution >= 0.6 is 15.9 Å². The fourth-order valence-corrected chi connectivity index (χ4v) is 2.84. The molecule has 2 aromatic rings. The van der Waals surface area contributed by atoms with Gasteiger partial charge in [0.2, 0.25) is 0 Å². The highest BCUT2D eigenvalue weighted by molar-refractivity contribution is 9.10. The van der Waals surface area contributed by atoms with Crippen molar-refractivity contribution in [2.75, 3.05) is 0 Å². The molecule has 0 bridgehead atoms. The Bertz CT molecular complexity index is 743. The van der Waals surface area contributed by atoms with E-state index in [9.17, 15) is 9.59 Å². The van der Waals surface area contributed by atoms with Crippen LogP contribution in [0.5, 0.6) is 0 Å². The lowest BCUT2D eigenvalue weighted by Gasteiger charge is -2.16. The van der Waals surface area contributed by atoms with Crippen molar-refractivity contribution < 1.29 is 4.79 Å². The molecule has 0 saturated carbocycles. The van der Waals surface area contributed by atoms with Crippen molar-refractivity contribution in [3.05, 3.63) is 62.5 Å². The summed E-state index contributed by atoms with van der Waals surface area (Å²) < 4.78 is 2.29. The Kier molecular flexibility index (Phi) is 6.10. The smallest absolute Gasteiger partial charge is 0.272 e. The highest BCUT2D eigenvalue weighted by Gasteiger charge is 2.15. The normalized spacial score (nSPS) is 12.0. The summed E-state index contributed by atoms with van der Waals surface area (Å²) in [5.41, 5.74) is 1.05. The van der Waals surface area contributed by atoms with Crippen LogP contribution in [0.15, 0.2) is 45.7 Å². The van der Waals surface area contributed by atoms with E-state index in [0.717, 1.165) is 22.9 Å². The zero-order valence-corrected chi connectivity index (χ0v) is 14.8. The second-order valence-corrected chi connectivity index (χ2v) is 6.20. The molecule has 0 fully saturated rings. The van der Waals surface area contributed by atoms with E-state index in [1.54, 1.807) is 0 Å². The molecule has 23 heavy (non-hydrogen) atoms. The molecule has 2 rings (SSSR count). The summed E-state index contributed by atoms with van der Waals surface area (Å²) in [4.78, 5) is 24.1. The SMILES string of the molecule is CCCCn1nc(C(=O)NC(C)c2ccccc2Br)ccc1=O. The number of hydrogen-bond acceptors (Lipinski definition) is 3. The molecule has 6 heteroatoms. The summed E-state index contributed by atoms with van der Waals surface area (Å²) in [5, 5.41) is 7.07.